The summed E-state index contributed by atoms with van der Waals surface area (Å²) in [4.78, 5) is 25.0. The lowest BCUT2D eigenvalue weighted by molar-refractivity contribution is 0.0734. The van der Waals surface area contributed by atoms with E-state index in [4.69, 9.17) is 27.9 Å². The zero-order valence-electron chi connectivity index (χ0n) is 16.9. The van der Waals surface area contributed by atoms with Crippen LogP contribution >= 0.6 is 23.2 Å². The number of halogens is 3. The molecule has 0 saturated heterocycles. The van der Waals surface area contributed by atoms with E-state index < -0.39 is 17.7 Å². The van der Waals surface area contributed by atoms with Gasteiger partial charge in [0.2, 0.25) is 0 Å². The van der Waals surface area contributed by atoms with Crippen molar-refractivity contribution in [3.8, 4) is 5.75 Å². The van der Waals surface area contributed by atoms with E-state index in [2.05, 4.69) is 10.5 Å². The Bertz CT molecular complexity index is 1410. The van der Waals surface area contributed by atoms with Gasteiger partial charge >= 0.3 is 5.97 Å². The first-order valence-electron chi connectivity index (χ1n) is 9.71. The molecular formula is C25H15Cl2FN2O3. The molecule has 4 aromatic carbocycles. The van der Waals surface area contributed by atoms with Crippen LogP contribution in [-0.4, -0.2) is 18.1 Å². The normalized spacial score (nSPS) is 11.0. The molecule has 0 aliphatic heterocycles. The van der Waals surface area contributed by atoms with Crippen LogP contribution in [0.1, 0.15) is 26.3 Å². The monoisotopic (exact) mass is 480 g/mol. The van der Waals surface area contributed by atoms with Crippen molar-refractivity contribution in [2.75, 3.05) is 0 Å². The quantitative estimate of drug-likeness (QED) is 0.158. The summed E-state index contributed by atoms with van der Waals surface area (Å²) in [6.07, 6.45) is 1.34. The van der Waals surface area contributed by atoms with Gasteiger partial charge in [-0.25, -0.2) is 14.6 Å². The smallest absolute Gasteiger partial charge is 0.345 e. The Morgan fingerprint density at radius 3 is 2.45 bits per heavy atom. The van der Waals surface area contributed by atoms with Crippen molar-refractivity contribution >= 4 is 52.1 Å². The fourth-order valence-corrected chi connectivity index (χ4v) is 3.65. The highest BCUT2D eigenvalue weighted by atomic mass is 35.5. The van der Waals surface area contributed by atoms with Crippen LogP contribution in [-0.2, 0) is 0 Å². The summed E-state index contributed by atoms with van der Waals surface area (Å²) in [5, 5.41) is 6.09. The highest BCUT2D eigenvalue weighted by Crippen LogP contribution is 2.29. The maximum Gasteiger partial charge on any atom is 0.345 e. The number of rotatable bonds is 5. The molecule has 0 aliphatic carbocycles. The lowest BCUT2D eigenvalue weighted by Crippen LogP contribution is -2.19. The van der Waals surface area contributed by atoms with Gasteiger partial charge in [0.05, 0.1) is 22.4 Å². The van der Waals surface area contributed by atoms with Gasteiger partial charge < -0.3 is 4.74 Å². The van der Waals surface area contributed by atoms with Gasteiger partial charge in [-0.05, 0) is 47.2 Å². The van der Waals surface area contributed by atoms with Crippen LogP contribution in [0.4, 0.5) is 4.39 Å². The standard InChI is InChI=1S/C25H15Cl2FN2O3/c26-16-10-11-18(21(27)13-16)25(32)33-23-12-9-15-5-1-2-6-17(15)20(23)14-29-30-24(31)19-7-3-4-8-22(19)28/h1-14H,(H,30,31). The number of carbonyl (C=O) groups excluding carboxylic acids is 2. The van der Waals surface area contributed by atoms with E-state index in [-0.39, 0.29) is 21.9 Å². The Kier molecular flexibility index (Phi) is 6.68. The molecule has 33 heavy (non-hydrogen) atoms. The number of carbonyl (C=O) groups is 2. The number of hydrogen-bond donors (Lipinski definition) is 1. The summed E-state index contributed by atoms with van der Waals surface area (Å²) in [5.74, 6) is -1.86. The number of nitrogens with zero attached hydrogens (tertiary/aromatic N) is 1. The maximum absolute atomic E-state index is 13.8. The summed E-state index contributed by atoms with van der Waals surface area (Å²) in [6, 6.07) is 20.8. The number of amides is 1. The molecule has 0 aliphatic rings. The predicted molar refractivity (Wildman–Crippen MR) is 127 cm³/mol. The molecule has 0 radical (unpaired) electrons. The zero-order valence-corrected chi connectivity index (χ0v) is 18.4. The first-order chi connectivity index (χ1) is 15.9. The van der Waals surface area contributed by atoms with E-state index in [1.54, 1.807) is 18.2 Å². The third-order valence-corrected chi connectivity index (χ3v) is 5.31. The Labute approximate surface area is 198 Å². The molecule has 0 saturated carbocycles. The molecule has 5 nitrogen and oxygen atoms in total. The van der Waals surface area contributed by atoms with Crippen LogP contribution in [0, 0.1) is 5.82 Å². The highest BCUT2D eigenvalue weighted by molar-refractivity contribution is 6.36. The SMILES string of the molecule is O=C(NN=Cc1c(OC(=O)c2ccc(Cl)cc2Cl)ccc2ccccc12)c1ccccc1F. The lowest BCUT2D eigenvalue weighted by atomic mass is 10.0. The van der Waals surface area contributed by atoms with Crippen molar-refractivity contribution in [2.45, 2.75) is 0 Å². The van der Waals surface area contributed by atoms with Crippen molar-refractivity contribution in [3.05, 3.63) is 111 Å². The second-order valence-corrected chi connectivity index (χ2v) is 7.73. The molecule has 0 aromatic heterocycles. The molecule has 4 aromatic rings. The van der Waals surface area contributed by atoms with E-state index >= 15 is 0 Å². The number of nitrogens with one attached hydrogen (secondary N) is 1. The van der Waals surface area contributed by atoms with Crippen molar-refractivity contribution in [3.63, 3.8) is 0 Å². The van der Waals surface area contributed by atoms with E-state index in [0.717, 1.165) is 10.8 Å². The average molecular weight is 481 g/mol. The second-order valence-electron chi connectivity index (χ2n) is 6.89. The fraction of sp³-hybridized carbons (Fsp3) is 0. The Morgan fingerprint density at radius 2 is 1.67 bits per heavy atom. The van der Waals surface area contributed by atoms with E-state index in [9.17, 15) is 14.0 Å². The molecule has 0 spiro atoms. The average Bonchev–Trinajstić information content (AvgIpc) is 2.80. The van der Waals surface area contributed by atoms with E-state index in [1.165, 1.54) is 42.6 Å². The first kappa shape index (κ1) is 22.5. The molecule has 0 unspecified atom stereocenters. The van der Waals surface area contributed by atoms with Gasteiger partial charge in [0.1, 0.15) is 11.6 Å². The summed E-state index contributed by atoms with van der Waals surface area (Å²) in [6.45, 7) is 0. The van der Waals surface area contributed by atoms with Gasteiger partial charge in [-0.1, -0.05) is 65.7 Å². The van der Waals surface area contributed by atoms with Gasteiger partial charge in [-0.3, -0.25) is 4.79 Å². The number of fused-ring (bicyclic) bond motifs is 1. The molecule has 0 heterocycles. The predicted octanol–water partition coefficient (Wildman–Crippen LogP) is 6.27. The number of hydrazone groups is 1. The molecule has 164 valence electrons. The molecule has 0 bridgehead atoms. The van der Waals surface area contributed by atoms with Crippen LogP contribution in [0.2, 0.25) is 10.0 Å². The maximum atomic E-state index is 13.8. The molecular weight excluding hydrogens is 466 g/mol. The van der Waals surface area contributed by atoms with Crippen molar-refractivity contribution in [1.82, 2.24) is 5.43 Å². The van der Waals surface area contributed by atoms with E-state index in [0.29, 0.717) is 10.6 Å². The van der Waals surface area contributed by atoms with Gasteiger partial charge in [0.15, 0.2) is 0 Å². The van der Waals surface area contributed by atoms with Crippen LogP contribution in [0.3, 0.4) is 0 Å². The Morgan fingerprint density at radius 1 is 0.909 bits per heavy atom. The summed E-state index contributed by atoms with van der Waals surface area (Å²) in [7, 11) is 0. The highest BCUT2D eigenvalue weighted by Gasteiger charge is 2.17. The number of ether oxygens (including phenoxy) is 1. The Hall–Kier alpha value is -3.74. The largest absolute Gasteiger partial charge is 0.422 e. The minimum atomic E-state index is -0.712. The lowest BCUT2D eigenvalue weighted by Gasteiger charge is -2.11. The molecule has 1 N–H and O–H groups in total. The number of benzene rings is 4. The minimum Gasteiger partial charge on any atom is -0.422 e. The van der Waals surface area contributed by atoms with Gasteiger partial charge in [0, 0.05) is 10.6 Å². The van der Waals surface area contributed by atoms with Crippen molar-refractivity contribution < 1.29 is 18.7 Å². The Balaban J connectivity index is 1.65. The molecule has 0 atom stereocenters. The van der Waals surface area contributed by atoms with Gasteiger partial charge in [0.25, 0.3) is 5.91 Å². The molecule has 1 amide bonds. The molecule has 8 heteroatoms. The van der Waals surface area contributed by atoms with Crippen molar-refractivity contribution in [1.29, 1.82) is 0 Å². The molecule has 4 rings (SSSR count). The van der Waals surface area contributed by atoms with Crippen LogP contribution < -0.4 is 10.2 Å². The third kappa shape index (κ3) is 5.03. The summed E-state index contributed by atoms with van der Waals surface area (Å²) < 4.78 is 19.4. The van der Waals surface area contributed by atoms with Crippen LogP contribution in [0.5, 0.6) is 5.75 Å². The number of hydrogen-bond acceptors (Lipinski definition) is 4. The second kappa shape index (κ2) is 9.81. The topological polar surface area (TPSA) is 67.8 Å². The van der Waals surface area contributed by atoms with Gasteiger partial charge in [-0.2, -0.15) is 5.10 Å². The first-order valence-corrected chi connectivity index (χ1v) is 10.5. The minimum absolute atomic E-state index is 0.142. The number of esters is 1. The third-order valence-electron chi connectivity index (χ3n) is 4.76. The summed E-state index contributed by atoms with van der Waals surface area (Å²) in [5.41, 5.74) is 2.74. The van der Waals surface area contributed by atoms with Crippen LogP contribution in [0.25, 0.3) is 10.8 Å². The molecule has 0 fully saturated rings. The van der Waals surface area contributed by atoms with Crippen molar-refractivity contribution in [2.24, 2.45) is 5.10 Å². The fourth-order valence-electron chi connectivity index (χ4n) is 3.17. The van der Waals surface area contributed by atoms with Crippen LogP contribution in [0.15, 0.2) is 84.0 Å². The summed E-state index contributed by atoms with van der Waals surface area (Å²) >= 11 is 12.0. The zero-order chi connectivity index (χ0) is 23.4. The van der Waals surface area contributed by atoms with Gasteiger partial charge in [-0.15, -0.1) is 0 Å². The van der Waals surface area contributed by atoms with E-state index in [1.807, 2.05) is 24.3 Å².